The molecule has 0 radical (unpaired) electrons. The average molecular weight is 295 g/mol. The zero-order chi connectivity index (χ0) is 14.7. The first-order chi connectivity index (χ1) is 9.51. The van der Waals surface area contributed by atoms with E-state index < -0.39 is 0 Å². The van der Waals surface area contributed by atoms with Gasteiger partial charge in [0, 0.05) is 31.0 Å². The van der Waals surface area contributed by atoms with Gasteiger partial charge in [-0.3, -0.25) is 9.59 Å². The summed E-state index contributed by atoms with van der Waals surface area (Å²) in [6, 6.07) is 5.84. The molecule has 1 heterocycles. The second-order valence-corrected chi connectivity index (χ2v) is 5.56. The fourth-order valence-corrected chi connectivity index (χ4v) is 2.50. The molecule has 20 heavy (non-hydrogen) atoms. The number of anilines is 1. The van der Waals surface area contributed by atoms with Crippen molar-refractivity contribution in [3.63, 3.8) is 0 Å². The lowest BCUT2D eigenvalue weighted by Gasteiger charge is -2.18. The standard InChI is InChI=1S/C15H19ClN2O2/c1-10-3-4-13(7-11(10)2)18-9-12(8-15(18)20)17-14(19)5-6-16/h3-4,7,12H,5-6,8-9H2,1-2H3,(H,17,19)/t12-/m1/s1. The second-order valence-electron chi connectivity index (χ2n) is 5.18. The summed E-state index contributed by atoms with van der Waals surface area (Å²) in [7, 11) is 0. The van der Waals surface area contributed by atoms with Crippen molar-refractivity contribution in [2.45, 2.75) is 32.7 Å². The number of halogens is 1. The van der Waals surface area contributed by atoms with Gasteiger partial charge in [0.05, 0.1) is 6.04 Å². The van der Waals surface area contributed by atoms with E-state index in [-0.39, 0.29) is 24.3 Å². The second kappa shape index (κ2) is 6.27. The Morgan fingerprint density at radius 3 is 2.80 bits per heavy atom. The lowest BCUT2D eigenvalue weighted by molar-refractivity contribution is -0.121. The number of aryl methyl sites for hydroxylation is 2. The van der Waals surface area contributed by atoms with Gasteiger partial charge in [-0.05, 0) is 37.1 Å². The molecular weight excluding hydrogens is 276 g/mol. The van der Waals surface area contributed by atoms with Crippen molar-refractivity contribution in [1.29, 1.82) is 0 Å². The number of nitrogens with zero attached hydrogens (tertiary/aromatic N) is 1. The number of benzene rings is 1. The van der Waals surface area contributed by atoms with Crippen LogP contribution in [0.25, 0.3) is 0 Å². The minimum Gasteiger partial charge on any atom is -0.351 e. The molecule has 1 aromatic carbocycles. The van der Waals surface area contributed by atoms with Gasteiger partial charge in [-0.2, -0.15) is 0 Å². The molecule has 1 saturated heterocycles. The third kappa shape index (κ3) is 3.31. The highest BCUT2D eigenvalue weighted by Crippen LogP contribution is 2.24. The molecule has 5 heteroatoms. The number of rotatable bonds is 4. The van der Waals surface area contributed by atoms with Crippen molar-refractivity contribution in [1.82, 2.24) is 5.32 Å². The summed E-state index contributed by atoms with van der Waals surface area (Å²) in [6.45, 7) is 4.59. The average Bonchev–Trinajstić information content (AvgIpc) is 2.74. The maximum Gasteiger partial charge on any atom is 0.229 e. The maximum atomic E-state index is 12.1. The first-order valence-corrected chi connectivity index (χ1v) is 7.27. The van der Waals surface area contributed by atoms with E-state index in [0.717, 1.165) is 11.3 Å². The number of alkyl halides is 1. The molecule has 0 unspecified atom stereocenters. The summed E-state index contributed by atoms with van der Waals surface area (Å²) in [5.41, 5.74) is 3.25. The fourth-order valence-electron chi connectivity index (χ4n) is 2.33. The van der Waals surface area contributed by atoms with Crippen LogP contribution >= 0.6 is 11.6 Å². The Morgan fingerprint density at radius 2 is 2.15 bits per heavy atom. The zero-order valence-corrected chi connectivity index (χ0v) is 12.5. The highest BCUT2D eigenvalue weighted by atomic mass is 35.5. The Morgan fingerprint density at radius 1 is 1.40 bits per heavy atom. The predicted molar refractivity (Wildman–Crippen MR) is 80.2 cm³/mol. The van der Waals surface area contributed by atoms with Crippen LogP contribution in [0.2, 0.25) is 0 Å². The van der Waals surface area contributed by atoms with E-state index in [0.29, 0.717) is 18.8 Å². The quantitative estimate of drug-likeness (QED) is 0.865. The molecule has 0 spiro atoms. The maximum absolute atomic E-state index is 12.1. The first kappa shape index (κ1) is 14.9. The lowest BCUT2D eigenvalue weighted by atomic mass is 10.1. The van der Waals surface area contributed by atoms with Gasteiger partial charge in [0.15, 0.2) is 0 Å². The summed E-state index contributed by atoms with van der Waals surface area (Å²) in [5.74, 6) is 0.247. The highest BCUT2D eigenvalue weighted by Gasteiger charge is 2.31. The van der Waals surface area contributed by atoms with E-state index in [1.54, 1.807) is 4.90 Å². The third-order valence-electron chi connectivity index (χ3n) is 3.61. The van der Waals surface area contributed by atoms with Gasteiger partial charge in [0.1, 0.15) is 0 Å². The molecule has 1 aromatic rings. The Labute approximate surface area is 124 Å². The van der Waals surface area contributed by atoms with Gasteiger partial charge >= 0.3 is 0 Å². The lowest BCUT2D eigenvalue weighted by Crippen LogP contribution is -2.37. The van der Waals surface area contributed by atoms with E-state index in [1.165, 1.54) is 5.56 Å². The summed E-state index contributed by atoms with van der Waals surface area (Å²) in [4.78, 5) is 25.3. The van der Waals surface area contributed by atoms with Gasteiger partial charge in [-0.1, -0.05) is 6.07 Å². The van der Waals surface area contributed by atoms with Crippen molar-refractivity contribution >= 4 is 29.1 Å². The van der Waals surface area contributed by atoms with Crippen LogP contribution in [0.1, 0.15) is 24.0 Å². The molecule has 108 valence electrons. The molecule has 1 atom stereocenters. The third-order valence-corrected chi connectivity index (χ3v) is 3.80. The summed E-state index contributed by atoms with van der Waals surface area (Å²) in [5, 5.41) is 2.85. The van der Waals surface area contributed by atoms with Crippen LogP contribution in [0.15, 0.2) is 18.2 Å². The normalized spacial score (nSPS) is 18.4. The molecule has 0 bridgehead atoms. The summed E-state index contributed by atoms with van der Waals surface area (Å²) >= 11 is 5.53. The number of hydrogen-bond acceptors (Lipinski definition) is 2. The van der Waals surface area contributed by atoms with Gasteiger partial charge < -0.3 is 10.2 Å². The Kier molecular flexibility index (Phi) is 4.65. The zero-order valence-electron chi connectivity index (χ0n) is 11.8. The van der Waals surface area contributed by atoms with Crippen LogP contribution in [-0.4, -0.2) is 30.3 Å². The van der Waals surface area contributed by atoms with Gasteiger partial charge in [-0.15, -0.1) is 11.6 Å². The van der Waals surface area contributed by atoms with Gasteiger partial charge in [0.2, 0.25) is 11.8 Å². The molecule has 1 aliphatic rings. The number of carbonyl (C=O) groups is 2. The predicted octanol–water partition coefficient (Wildman–Crippen LogP) is 2.15. The smallest absolute Gasteiger partial charge is 0.229 e. The van der Waals surface area contributed by atoms with Crippen LogP contribution in [0.5, 0.6) is 0 Å². The highest BCUT2D eigenvalue weighted by molar-refractivity contribution is 6.18. The van der Waals surface area contributed by atoms with Crippen molar-refractivity contribution in [2.24, 2.45) is 0 Å². The molecule has 1 aliphatic heterocycles. The topological polar surface area (TPSA) is 49.4 Å². The Hall–Kier alpha value is -1.55. The largest absolute Gasteiger partial charge is 0.351 e. The van der Waals surface area contributed by atoms with Crippen LogP contribution in [0.4, 0.5) is 5.69 Å². The number of nitrogens with one attached hydrogen (secondary N) is 1. The molecule has 2 rings (SSSR count). The summed E-state index contributed by atoms with van der Waals surface area (Å²) < 4.78 is 0. The Bertz CT molecular complexity index is 531. The number of hydrogen-bond donors (Lipinski definition) is 1. The van der Waals surface area contributed by atoms with Crippen LogP contribution in [-0.2, 0) is 9.59 Å². The van der Waals surface area contributed by atoms with Crippen LogP contribution < -0.4 is 10.2 Å². The van der Waals surface area contributed by atoms with Gasteiger partial charge in [-0.25, -0.2) is 0 Å². The number of carbonyl (C=O) groups excluding carboxylic acids is 2. The minimum absolute atomic E-state index is 0.0458. The number of amides is 2. The Balaban J connectivity index is 2.05. The van der Waals surface area contributed by atoms with E-state index in [9.17, 15) is 9.59 Å². The van der Waals surface area contributed by atoms with E-state index in [1.807, 2.05) is 32.0 Å². The van der Waals surface area contributed by atoms with Crippen molar-refractivity contribution in [3.05, 3.63) is 29.3 Å². The molecule has 2 amide bonds. The summed E-state index contributed by atoms with van der Waals surface area (Å²) in [6.07, 6.45) is 0.636. The first-order valence-electron chi connectivity index (χ1n) is 6.74. The molecule has 4 nitrogen and oxygen atoms in total. The van der Waals surface area contributed by atoms with Crippen LogP contribution in [0.3, 0.4) is 0 Å². The molecule has 0 saturated carbocycles. The minimum atomic E-state index is -0.125. The molecular formula is C15H19ClN2O2. The van der Waals surface area contributed by atoms with Crippen molar-refractivity contribution in [2.75, 3.05) is 17.3 Å². The van der Waals surface area contributed by atoms with Gasteiger partial charge in [0.25, 0.3) is 0 Å². The monoisotopic (exact) mass is 294 g/mol. The van der Waals surface area contributed by atoms with E-state index in [2.05, 4.69) is 5.32 Å². The molecule has 1 N–H and O–H groups in total. The fraction of sp³-hybridized carbons (Fsp3) is 0.467. The SMILES string of the molecule is Cc1ccc(N2C[C@H](NC(=O)CCCl)CC2=O)cc1C. The van der Waals surface area contributed by atoms with E-state index in [4.69, 9.17) is 11.6 Å². The molecule has 0 aliphatic carbocycles. The molecule has 1 fully saturated rings. The van der Waals surface area contributed by atoms with E-state index >= 15 is 0 Å². The van der Waals surface area contributed by atoms with Crippen molar-refractivity contribution < 1.29 is 9.59 Å². The molecule has 0 aromatic heterocycles. The van der Waals surface area contributed by atoms with Crippen molar-refractivity contribution in [3.8, 4) is 0 Å². The van der Waals surface area contributed by atoms with Crippen LogP contribution in [0, 0.1) is 13.8 Å².